The van der Waals surface area contributed by atoms with Crippen molar-refractivity contribution in [2.75, 3.05) is 6.54 Å². The number of amides is 1. The maximum atomic E-state index is 12.1. The molecule has 3 rings (SSSR count). The Kier molecular flexibility index (Phi) is 3.56. The van der Waals surface area contributed by atoms with Gasteiger partial charge >= 0.3 is 0 Å². The van der Waals surface area contributed by atoms with Gasteiger partial charge in [-0.15, -0.1) is 0 Å². The molecular weight excluding hydrogens is 236 g/mol. The Morgan fingerprint density at radius 3 is 2.58 bits per heavy atom. The fourth-order valence-corrected chi connectivity index (χ4v) is 3.41. The third-order valence-electron chi connectivity index (χ3n) is 4.49. The van der Waals surface area contributed by atoms with Gasteiger partial charge < -0.3 is 5.32 Å². The molecule has 3 nitrogen and oxygen atoms in total. The third-order valence-corrected chi connectivity index (χ3v) is 4.49. The van der Waals surface area contributed by atoms with Crippen molar-refractivity contribution in [3.63, 3.8) is 0 Å². The minimum absolute atomic E-state index is 0.0748. The van der Waals surface area contributed by atoms with Crippen LogP contribution >= 0.6 is 0 Å². The van der Waals surface area contributed by atoms with Crippen LogP contribution in [0.3, 0.4) is 0 Å². The highest BCUT2D eigenvalue weighted by Crippen LogP contribution is 2.30. The number of piperazine rings is 1. The molecule has 0 unspecified atom stereocenters. The van der Waals surface area contributed by atoms with Crippen LogP contribution in [0.1, 0.15) is 37.7 Å². The largest absolute Gasteiger partial charge is 0.353 e. The van der Waals surface area contributed by atoms with E-state index < -0.39 is 0 Å². The highest BCUT2D eigenvalue weighted by atomic mass is 16.2. The van der Waals surface area contributed by atoms with Crippen molar-refractivity contribution in [2.45, 2.75) is 50.1 Å². The molecule has 1 aromatic rings. The lowest BCUT2D eigenvalue weighted by Crippen LogP contribution is -2.67. The van der Waals surface area contributed by atoms with E-state index in [-0.39, 0.29) is 17.5 Å². The van der Waals surface area contributed by atoms with Crippen LogP contribution < -0.4 is 10.6 Å². The number of nitrogens with one attached hydrogen (secondary N) is 2. The summed E-state index contributed by atoms with van der Waals surface area (Å²) in [6, 6.07) is 10.2. The number of hydrogen-bond donors (Lipinski definition) is 2. The summed E-state index contributed by atoms with van der Waals surface area (Å²) in [7, 11) is 0. The molecule has 1 saturated carbocycles. The molecule has 19 heavy (non-hydrogen) atoms. The number of benzene rings is 1. The molecular formula is C16H22N2O. The van der Waals surface area contributed by atoms with Gasteiger partial charge in [0, 0.05) is 12.1 Å². The summed E-state index contributed by atoms with van der Waals surface area (Å²) in [5.74, 6) is 0.153. The van der Waals surface area contributed by atoms with Crippen molar-refractivity contribution in [3.8, 4) is 0 Å². The zero-order valence-corrected chi connectivity index (χ0v) is 11.3. The molecule has 1 aliphatic carbocycles. The molecule has 1 saturated heterocycles. The van der Waals surface area contributed by atoms with Crippen LogP contribution in [0.4, 0.5) is 0 Å². The van der Waals surface area contributed by atoms with Crippen LogP contribution in [0.25, 0.3) is 0 Å². The third kappa shape index (κ3) is 2.81. The van der Waals surface area contributed by atoms with Crippen molar-refractivity contribution in [1.29, 1.82) is 0 Å². The zero-order chi connectivity index (χ0) is 13.1. The van der Waals surface area contributed by atoms with E-state index in [0.29, 0.717) is 0 Å². The first-order valence-corrected chi connectivity index (χ1v) is 7.37. The smallest absolute Gasteiger partial charge is 0.237 e. The fourth-order valence-electron chi connectivity index (χ4n) is 3.41. The van der Waals surface area contributed by atoms with Gasteiger partial charge in [0.15, 0.2) is 0 Å². The van der Waals surface area contributed by atoms with Gasteiger partial charge in [0.05, 0.1) is 6.04 Å². The highest BCUT2D eigenvalue weighted by molar-refractivity contribution is 5.83. The second kappa shape index (κ2) is 5.33. The topological polar surface area (TPSA) is 41.1 Å². The van der Waals surface area contributed by atoms with Gasteiger partial charge in [-0.1, -0.05) is 49.6 Å². The molecule has 102 valence electrons. The van der Waals surface area contributed by atoms with E-state index in [1.54, 1.807) is 0 Å². The molecule has 1 amide bonds. The average molecular weight is 258 g/mol. The molecule has 0 radical (unpaired) electrons. The highest BCUT2D eigenvalue weighted by Gasteiger charge is 2.39. The average Bonchev–Trinajstić information content (AvgIpc) is 2.45. The monoisotopic (exact) mass is 258 g/mol. The molecule has 1 spiro atoms. The van der Waals surface area contributed by atoms with E-state index >= 15 is 0 Å². The molecule has 1 aliphatic heterocycles. The van der Waals surface area contributed by atoms with Gasteiger partial charge in [-0.25, -0.2) is 0 Å². The lowest BCUT2D eigenvalue weighted by molar-refractivity contribution is -0.126. The predicted octanol–water partition coefficient (Wildman–Crippen LogP) is 2.02. The first kappa shape index (κ1) is 12.7. The molecule has 0 aromatic heterocycles. The van der Waals surface area contributed by atoms with E-state index in [1.807, 2.05) is 18.2 Å². The Labute approximate surface area is 114 Å². The number of carbonyl (C=O) groups is 1. The standard InChI is InChI=1S/C16H22N2O/c19-15-14(11-13-7-3-1-4-8-13)18-16(12-17-15)9-5-2-6-10-16/h1,3-4,7-8,14,18H,2,5-6,9-12H2,(H,17,19)/t14-/m0/s1. The van der Waals surface area contributed by atoms with Crippen LogP contribution in [0.15, 0.2) is 30.3 Å². The van der Waals surface area contributed by atoms with Crippen LogP contribution in [0.2, 0.25) is 0 Å². The number of carbonyl (C=O) groups excluding carboxylic acids is 1. The summed E-state index contributed by atoms with van der Waals surface area (Å²) in [6.45, 7) is 0.803. The van der Waals surface area contributed by atoms with E-state index in [9.17, 15) is 4.79 Å². The Hall–Kier alpha value is -1.35. The maximum absolute atomic E-state index is 12.1. The van der Waals surface area contributed by atoms with Gasteiger partial charge in [-0.2, -0.15) is 0 Å². The normalized spacial score (nSPS) is 26.1. The first-order valence-electron chi connectivity index (χ1n) is 7.37. The molecule has 0 bridgehead atoms. The van der Waals surface area contributed by atoms with Gasteiger partial charge in [-0.05, 0) is 24.8 Å². The summed E-state index contributed by atoms with van der Waals surface area (Å²) < 4.78 is 0. The van der Waals surface area contributed by atoms with Crippen molar-refractivity contribution >= 4 is 5.91 Å². The fraction of sp³-hybridized carbons (Fsp3) is 0.562. The molecule has 3 heteroatoms. The molecule has 1 aromatic carbocycles. The Morgan fingerprint density at radius 1 is 1.11 bits per heavy atom. The van der Waals surface area contributed by atoms with Gasteiger partial charge in [0.1, 0.15) is 0 Å². The summed E-state index contributed by atoms with van der Waals surface area (Å²) in [5, 5.41) is 6.77. The number of hydrogen-bond acceptors (Lipinski definition) is 2. The molecule has 2 N–H and O–H groups in total. The summed E-state index contributed by atoms with van der Waals surface area (Å²) in [6.07, 6.45) is 7.06. The van der Waals surface area contributed by atoms with Crippen LogP contribution in [-0.4, -0.2) is 24.0 Å². The van der Waals surface area contributed by atoms with E-state index in [1.165, 1.54) is 37.7 Å². The van der Waals surface area contributed by atoms with E-state index in [0.717, 1.165) is 13.0 Å². The Morgan fingerprint density at radius 2 is 1.84 bits per heavy atom. The molecule has 1 atom stereocenters. The predicted molar refractivity (Wildman–Crippen MR) is 75.9 cm³/mol. The summed E-state index contributed by atoms with van der Waals surface area (Å²) in [5.41, 5.74) is 1.38. The second-order valence-electron chi connectivity index (χ2n) is 5.95. The molecule has 2 aliphatic rings. The quantitative estimate of drug-likeness (QED) is 0.852. The maximum Gasteiger partial charge on any atom is 0.237 e. The Bertz CT molecular complexity index is 437. The minimum atomic E-state index is -0.0748. The van der Waals surface area contributed by atoms with Crippen molar-refractivity contribution in [1.82, 2.24) is 10.6 Å². The van der Waals surface area contributed by atoms with Gasteiger partial charge in [0.2, 0.25) is 5.91 Å². The van der Waals surface area contributed by atoms with Crippen molar-refractivity contribution < 1.29 is 4.79 Å². The zero-order valence-electron chi connectivity index (χ0n) is 11.3. The number of rotatable bonds is 2. The lowest BCUT2D eigenvalue weighted by atomic mass is 9.79. The summed E-state index contributed by atoms with van der Waals surface area (Å²) in [4.78, 5) is 12.1. The van der Waals surface area contributed by atoms with Crippen LogP contribution in [-0.2, 0) is 11.2 Å². The lowest BCUT2D eigenvalue weighted by Gasteiger charge is -2.44. The van der Waals surface area contributed by atoms with Gasteiger partial charge in [0.25, 0.3) is 0 Å². The van der Waals surface area contributed by atoms with Crippen LogP contribution in [0.5, 0.6) is 0 Å². The van der Waals surface area contributed by atoms with E-state index in [2.05, 4.69) is 22.8 Å². The Balaban J connectivity index is 1.71. The van der Waals surface area contributed by atoms with E-state index in [4.69, 9.17) is 0 Å². The van der Waals surface area contributed by atoms with Gasteiger partial charge in [-0.3, -0.25) is 10.1 Å². The summed E-state index contributed by atoms with van der Waals surface area (Å²) >= 11 is 0. The molecule has 2 fully saturated rings. The van der Waals surface area contributed by atoms with Crippen molar-refractivity contribution in [3.05, 3.63) is 35.9 Å². The minimum Gasteiger partial charge on any atom is -0.353 e. The van der Waals surface area contributed by atoms with Crippen molar-refractivity contribution in [2.24, 2.45) is 0 Å². The molecule has 1 heterocycles. The SMILES string of the molecule is O=C1NCC2(CCCCC2)N[C@H]1Cc1ccccc1. The second-order valence-corrected chi connectivity index (χ2v) is 5.95. The van der Waals surface area contributed by atoms with Crippen LogP contribution in [0, 0.1) is 0 Å². The first-order chi connectivity index (χ1) is 9.27.